The molecule has 1 atom stereocenters. The van der Waals surface area contributed by atoms with Crippen molar-refractivity contribution in [1.29, 1.82) is 0 Å². The Bertz CT molecular complexity index is 573. The molecule has 2 aromatic heterocycles. The highest BCUT2D eigenvalue weighted by atomic mass is 16.3. The van der Waals surface area contributed by atoms with Crippen molar-refractivity contribution in [3.63, 3.8) is 0 Å². The van der Waals surface area contributed by atoms with Gasteiger partial charge in [-0.25, -0.2) is 0 Å². The van der Waals surface area contributed by atoms with Crippen LogP contribution in [0.3, 0.4) is 0 Å². The van der Waals surface area contributed by atoms with Crippen LogP contribution in [0, 0.1) is 5.92 Å². The van der Waals surface area contributed by atoms with E-state index in [1.54, 1.807) is 6.26 Å². The molecule has 2 aromatic rings. The van der Waals surface area contributed by atoms with Crippen LogP contribution in [0.15, 0.2) is 29.1 Å². The SMILES string of the molecule is c1coc(CN2CCCC[C@@H]2c2nncn2CC2CC2)c1. The monoisotopic (exact) mass is 286 g/mol. The Balaban J connectivity index is 1.54. The lowest BCUT2D eigenvalue weighted by atomic mass is 10.0. The van der Waals surface area contributed by atoms with Gasteiger partial charge in [-0.1, -0.05) is 6.42 Å². The molecular weight excluding hydrogens is 264 g/mol. The molecule has 0 aromatic carbocycles. The second-order valence-electron chi connectivity index (χ2n) is 6.35. The van der Waals surface area contributed by atoms with Gasteiger partial charge in [0.15, 0.2) is 0 Å². The van der Waals surface area contributed by atoms with Crippen LogP contribution < -0.4 is 0 Å². The zero-order valence-electron chi connectivity index (χ0n) is 12.3. The largest absolute Gasteiger partial charge is 0.468 e. The second kappa shape index (κ2) is 5.64. The molecule has 2 fully saturated rings. The fraction of sp³-hybridized carbons (Fsp3) is 0.625. The molecule has 1 aliphatic heterocycles. The number of furan rings is 1. The number of hydrogen-bond acceptors (Lipinski definition) is 4. The van der Waals surface area contributed by atoms with E-state index in [4.69, 9.17) is 4.42 Å². The van der Waals surface area contributed by atoms with E-state index in [1.807, 2.05) is 12.4 Å². The number of likely N-dealkylation sites (tertiary alicyclic amines) is 1. The van der Waals surface area contributed by atoms with Crippen molar-refractivity contribution in [1.82, 2.24) is 19.7 Å². The van der Waals surface area contributed by atoms with Gasteiger partial charge in [0.25, 0.3) is 0 Å². The molecule has 5 heteroatoms. The molecule has 0 amide bonds. The second-order valence-corrected chi connectivity index (χ2v) is 6.35. The fourth-order valence-corrected chi connectivity index (χ4v) is 3.32. The van der Waals surface area contributed by atoms with E-state index in [9.17, 15) is 0 Å². The summed E-state index contributed by atoms with van der Waals surface area (Å²) in [5.41, 5.74) is 0. The Morgan fingerprint density at radius 3 is 3.00 bits per heavy atom. The quantitative estimate of drug-likeness (QED) is 0.847. The predicted molar refractivity (Wildman–Crippen MR) is 78.5 cm³/mol. The molecule has 2 aliphatic rings. The maximum Gasteiger partial charge on any atom is 0.150 e. The van der Waals surface area contributed by atoms with Crippen LogP contribution in [0.25, 0.3) is 0 Å². The van der Waals surface area contributed by atoms with Gasteiger partial charge in [-0.05, 0) is 50.3 Å². The summed E-state index contributed by atoms with van der Waals surface area (Å²) in [6, 6.07) is 4.40. The number of piperidine rings is 1. The van der Waals surface area contributed by atoms with E-state index in [-0.39, 0.29) is 0 Å². The summed E-state index contributed by atoms with van der Waals surface area (Å²) in [5, 5.41) is 8.61. The first-order chi connectivity index (χ1) is 10.4. The molecular formula is C16H22N4O. The van der Waals surface area contributed by atoms with Crippen LogP contribution in [-0.2, 0) is 13.1 Å². The maximum atomic E-state index is 5.52. The first-order valence-corrected chi connectivity index (χ1v) is 8.04. The van der Waals surface area contributed by atoms with Crippen molar-refractivity contribution in [2.75, 3.05) is 6.54 Å². The van der Waals surface area contributed by atoms with Crippen LogP contribution in [-0.4, -0.2) is 26.2 Å². The summed E-state index contributed by atoms with van der Waals surface area (Å²) < 4.78 is 7.80. The summed E-state index contributed by atoms with van der Waals surface area (Å²) >= 11 is 0. The fourth-order valence-electron chi connectivity index (χ4n) is 3.32. The number of rotatable bonds is 5. The lowest BCUT2D eigenvalue weighted by molar-refractivity contribution is 0.120. The summed E-state index contributed by atoms with van der Waals surface area (Å²) in [6.07, 6.45) is 10.1. The third-order valence-corrected chi connectivity index (χ3v) is 4.65. The highest BCUT2D eigenvalue weighted by molar-refractivity contribution is 5.03. The molecule has 4 rings (SSSR count). The minimum absolute atomic E-state index is 0.380. The lowest BCUT2D eigenvalue weighted by Gasteiger charge is -2.34. The van der Waals surface area contributed by atoms with Gasteiger partial charge in [0.1, 0.15) is 17.9 Å². The Morgan fingerprint density at radius 2 is 2.19 bits per heavy atom. The number of nitrogens with zero attached hydrogens (tertiary/aromatic N) is 4. The molecule has 3 heterocycles. The molecule has 1 saturated heterocycles. The van der Waals surface area contributed by atoms with Crippen LogP contribution in [0.4, 0.5) is 0 Å². The number of hydrogen-bond donors (Lipinski definition) is 0. The molecule has 112 valence electrons. The average molecular weight is 286 g/mol. The summed E-state index contributed by atoms with van der Waals surface area (Å²) in [7, 11) is 0. The smallest absolute Gasteiger partial charge is 0.150 e. The van der Waals surface area contributed by atoms with E-state index in [0.29, 0.717) is 6.04 Å². The first kappa shape index (κ1) is 13.1. The van der Waals surface area contributed by atoms with Crippen molar-refractivity contribution in [3.05, 3.63) is 36.3 Å². The molecule has 0 N–H and O–H groups in total. The van der Waals surface area contributed by atoms with Crippen LogP contribution in [0.1, 0.15) is 49.7 Å². The maximum absolute atomic E-state index is 5.52. The zero-order valence-corrected chi connectivity index (χ0v) is 12.3. The van der Waals surface area contributed by atoms with E-state index in [0.717, 1.165) is 37.1 Å². The third-order valence-electron chi connectivity index (χ3n) is 4.65. The normalized spacial score (nSPS) is 23.5. The number of aromatic nitrogens is 3. The Kier molecular flexibility index (Phi) is 3.51. The summed E-state index contributed by atoms with van der Waals surface area (Å²) in [6.45, 7) is 3.07. The highest BCUT2D eigenvalue weighted by Crippen LogP contribution is 2.34. The molecule has 0 radical (unpaired) electrons. The Morgan fingerprint density at radius 1 is 1.24 bits per heavy atom. The van der Waals surface area contributed by atoms with E-state index < -0.39 is 0 Å². The Labute approximate surface area is 125 Å². The average Bonchev–Trinajstić information content (AvgIpc) is 2.98. The minimum Gasteiger partial charge on any atom is -0.468 e. The molecule has 1 aliphatic carbocycles. The van der Waals surface area contributed by atoms with Crippen molar-refractivity contribution >= 4 is 0 Å². The molecule has 1 saturated carbocycles. The van der Waals surface area contributed by atoms with Crippen molar-refractivity contribution < 1.29 is 4.42 Å². The molecule has 0 unspecified atom stereocenters. The molecule has 0 spiro atoms. The van der Waals surface area contributed by atoms with Gasteiger partial charge in [0.05, 0.1) is 18.8 Å². The van der Waals surface area contributed by atoms with E-state index >= 15 is 0 Å². The highest BCUT2D eigenvalue weighted by Gasteiger charge is 2.30. The molecule has 21 heavy (non-hydrogen) atoms. The first-order valence-electron chi connectivity index (χ1n) is 8.04. The Hall–Kier alpha value is -1.62. The van der Waals surface area contributed by atoms with Crippen LogP contribution in [0.5, 0.6) is 0 Å². The topological polar surface area (TPSA) is 47.1 Å². The minimum atomic E-state index is 0.380. The lowest BCUT2D eigenvalue weighted by Crippen LogP contribution is -2.34. The van der Waals surface area contributed by atoms with Gasteiger partial charge < -0.3 is 8.98 Å². The van der Waals surface area contributed by atoms with Gasteiger partial charge >= 0.3 is 0 Å². The van der Waals surface area contributed by atoms with Crippen LogP contribution in [0.2, 0.25) is 0 Å². The van der Waals surface area contributed by atoms with Crippen molar-refractivity contribution in [3.8, 4) is 0 Å². The summed E-state index contributed by atoms with van der Waals surface area (Å²) in [5.74, 6) is 3.03. The van der Waals surface area contributed by atoms with E-state index in [1.165, 1.54) is 32.1 Å². The third kappa shape index (κ3) is 2.88. The van der Waals surface area contributed by atoms with Crippen LogP contribution >= 0.6 is 0 Å². The van der Waals surface area contributed by atoms with E-state index in [2.05, 4.69) is 25.7 Å². The van der Waals surface area contributed by atoms with Gasteiger partial charge in [0.2, 0.25) is 0 Å². The predicted octanol–water partition coefficient (Wildman–Crippen LogP) is 3.01. The molecule has 0 bridgehead atoms. The van der Waals surface area contributed by atoms with Gasteiger partial charge in [0, 0.05) is 6.54 Å². The standard InChI is InChI=1S/C16H22N4O/c1-2-8-19(11-14-4-3-9-21-14)15(5-1)16-18-17-12-20(16)10-13-6-7-13/h3-4,9,12-13,15H,1-2,5-8,10-11H2/t15-/m1/s1. The van der Waals surface area contributed by atoms with Gasteiger partial charge in [-0.3, -0.25) is 4.90 Å². The molecule has 5 nitrogen and oxygen atoms in total. The van der Waals surface area contributed by atoms with Gasteiger partial charge in [-0.15, -0.1) is 10.2 Å². The zero-order chi connectivity index (χ0) is 14.1. The van der Waals surface area contributed by atoms with Crippen molar-refractivity contribution in [2.24, 2.45) is 5.92 Å². The summed E-state index contributed by atoms with van der Waals surface area (Å²) in [4.78, 5) is 2.50. The van der Waals surface area contributed by atoms with Gasteiger partial charge in [-0.2, -0.15) is 0 Å². The van der Waals surface area contributed by atoms with Crippen molar-refractivity contribution in [2.45, 2.75) is 51.2 Å².